The fourth-order valence-corrected chi connectivity index (χ4v) is 5.78. The molecule has 0 bridgehead atoms. The van der Waals surface area contributed by atoms with Crippen LogP contribution in [0.1, 0.15) is 37.4 Å². The Hall–Kier alpha value is -3.72. The maximum Gasteiger partial charge on any atom is 0.264 e. The number of fused-ring (bicyclic) bond motifs is 1. The van der Waals surface area contributed by atoms with Crippen LogP contribution in [-0.4, -0.2) is 40.7 Å². The van der Waals surface area contributed by atoms with E-state index in [4.69, 9.17) is 14.2 Å². The first-order valence-corrected chi connectivity index (χ1v) is 13.4. The molecule has 1 aliphatic heterocycles. The van der Waals surface area contributed by atoms with Gasteiger partial charge in [0.05, 0.1) is 30.8 Å². The molecule has 0 fully saturated rings. The molecule has 0 spiro atoms. The third-order valence-corrected chi connectivity index (χ3v) is 8.06. The number of aryl methyl sites for hydroxylation is 1. The van der Waals surface area contributed by atoms with Gasteiger partial charge in [-0.05, 0) is 69.3 Å². The lowest BCUT2D eigenvalue weighted by molar-refractivity contribution is -0.120. The van der Waals surface area contributed by atoms with Crippen molar-refractivity contribution in [3.63, 3.8) is 0 Å². The van der Waals surface area contributed by atoms with Crippen molar-refractivity contribution in [3.05, 3.63) is 77.9 Å². The lowest BCUT2D eigenvalue weighted by Crippen LogP contribution is -2.45. The van der Waals surface area contributed by atoms with E-state index in [0.717, 1.165) is 15.4 Å². The molecule has 4 rings (SSSR count). The molecule has 3 aromatic carbocycles. The van der Waals surface area contributed by atoms with Crippen LogP contribution in [0.25, 0.3) is 0 Å². The summed E-state index contributed by atoms with van der Waals surface area (Å²) >= 11 is 0. The van der Waals surface area contributed by atoms with E-state index in [9.17, 15) is 13.2 Å². The molecule has 1 aliphatic rings. The first-order chi connectivity index (χ1) is 17.5. The van der Waals surface area contributed by atoms with Crippen LogP contribution < -0.4 is 23.8 Å². The van der Waals surface area contributed by atoms with E-state index < -0.39 is 28.1 Å². The van der Waals surface area contributed by atoms with Gasteiger partial charge < -0.3 is 19.5 Å². The molecule has 196 valence electrons. The van der Waals surface area contributed by atoms with Gasteiger partial charge in [0.1, 0.15) is 29.4 Å². The van der Waals surface area contributed by atoms with Crippen molar-refractivity contribution >= 4 is 21.6 Å². The summed E-state index contributed by atoms with van der Waals surface area (Å²) in [5.41, 5.74) is 1.56. The molecule has 0 aromatic heterocycles. The number of hydrogen-bond acceptors (Lipinski definition) is 6. The second-order valence-corrected chi connectivity index (χ2v) is 11.5. The molecule has 0 radical (unpaired) electrons. The van der Waals surface area contributed by atoms with Crippen LogP contribution in [0, 0.1) is 6.92 Å². The molecular formula is C28H32N2O6S. The van der Waals surface area contributed by atoms with Crippen LogP contribution >= 0.6 is 0 Å². The number of methoxy groups -OCH3 is 2. The first kappa shape index (κ1) is 26.3. The van der Waals surface area contributed by atoms with Gasteiger partial charge >= 0.3 is 0 Å². The molecule has 8 nitrogen and oxygen atoms in total. The van der Waals surface area contributed by atoms with Gasteiger partial charge in [0.25, 0.3) is 10.0 Å². The van der Waals surface area contributed by atoms with Crippen LogP contribution in [0.5, 0.6) is 17.2 Å². The van der Waals surface area contributed by atoms with Crippen molar-refractivity contribution in [2.75, 3.05) is 25.1 Å². The Kier molecular flexibility index (Phi) is 7.36. The number of rotatable bonds is 8. The Balaban J connectivity index is 1.64. The molecule has 3 aromatic rings. The number of hydrogen-bond donors (Lipinski definition) is 1. The normalized spacial score (nSPS) is 16.2. The Labute approximate surface area is 218 Å². The number of nitrogens with one attached hydrogen (secondary N) is 1. The molecule has 0 aliphatic carbocycles. The topological polar surface area (TPSA) is 94.2 Å². The monoisotopic (exact) mass is 524 g/mol. The summed E-state index contributed by atoms with van der Waals surface area (Å²) < 4.78 is 45.1. The van der Waals surface area contributed by atoms with Crippen molar-refractivity contribution in [2.24, 2.45) is 0 Å². The van der Waals surface area contributed by atoms with Gasteiger partial charge in [-0.3, -0.25) is 9.10 Å². The summed E-state index contributed by atoms with van der Waals surface area (Å²) in [5, 5.41) is 3.03. The molecule has 9 heteroatoms. The van der Waals surface area contributed by atoms with E-state index in [1.54, 1.807) is 61.7 Å². The predicted octanol–water partition coefficient (Wildman–Crippen LogP) is 4.63. The molecule has 0 saturated heterocycles. The quantitative estimate of drug-likeness (QED) is 0.462. The highest BCUT2D eigenvalue weighted by molar-refractivity contribution is 7.92. The molecule has 1 heterocycles. The maximum absolute atomic E-state index is 13.7. The zero-order valence-corrected chi connectivity index (χ0v) is 22.5. The lowest BCUT2D eigenvalue weighted by atomic mass is 9.89. The van der Waals surface area contributed by atoms with E-state index in [-0.39, 0.29) is 10.9 Å². The average Bonchev–Trinajstić information content (AvgIpc) is 2.86. The van der Waals surface area contributed by atoms with Crippen LogP contribution in [0.4, 0.5) is 5.69 Å². The number of benzene rings is 3. The van der Waals surface area contributed by atoms with Gasteiger partial charge in [-0.25, -0.2) is 8.42 Å². The number of ether oxygens (including phenoxy) is 3. The van der Waals surface area contributed by atoms with E-state index in [2.05, 4.69) is 5.32 Å². The number of amides is 1. The summed E-state index contributed by atoms with van der Waals surface area (Å²) in [5.74, 6) is 1.42. The Morgan fingerprint density at radius 3 is 2.24 bits per heavy atom. The van der Waals surface area contributed by atoms with Gasteiger partial charge in [0, 0.05) is 18.1 Å². The van der Waals surface area contributed by atoms with Gasteiger partial charge in [-0.2, -0.15) is 0 Å². The molecule has 1 amide bonds. The Bertz CT molecular complexity index is 1370. The molecule has 1 atom stereocenters. The highest BCUT2D eigenvalue weighted by Gasteiger charge is 2.36. The first-order valence-electron chi connectivity index (χ1n) is 11.9. The molecular weight excluding hydrogens is 492 g/mol. The zero-order chi connectivity index (χ0) is 26.8. The summed E-state index contributed by atoms with van der Waals surface area (Å²) in [4.78, 5) is 13.5. The Morgan fingerprint density at radius 2 is 1.62 bits per heavy atom. The van der Waals surface area contributed by atoms with Crippen LogP contribution in [0.3, 0.4) is 0 Å². The van der Waals surface area contributed by atoms with Crippen molar-refractivity contribution < 1.29 is 27.4 Å². The van der Waals surface area contributed by atoms with Crippen molar-refractivity contribution in [1.82, 2.24) is 5.32 Å². The van der Waals surface area contributed by atoms with Crippen LogP contribution in [0.2, 0.25) is 0 Å². The number of carbonyl (C=O) groups excluding carboxylic acids is 1. The van der Waals surface area contributed by atoms with Crippen LogP contribution in [0.15, 0.2) is 71.6 Å². The third-order valence-electron chi connectivity index (χ3n) is 6.27. The molecule has 37 heavy (non-hydrogen) atoms. The standard InChI is InChI=1S/C28H32N2O6S/c1-19-6-13-23(14-7-19)37(32,33)30(20-8-10-21(34-4)11-9-20)18-27(31)29-25-17-28(2,3)36-26-16-22(35-5)12-15-24(25)26/h6-16,25H,17-18H2,1-5H3,(H,29,31). The smallest absolute Gasteiger partial charge is 0.264 e. The largest absolute Gasteiger partial charge is 0.497 e. The predicted molar refractivity (Wildman–Crippen MR) is 142 cm³/mol. The van der Waals surface area contributed by atoms with Crippen molar-refractivity contribution in [2.45, 2.75) is 43.7 Å². The fraction of sp³-hybridized carbons (Fsp3) is 0.321. The fourth-order valence-electron chi connectivity index (χ4n) is 4.36. The number of carbonyl (C=O) groups is 1. The minimum Gasteiger partial charge on any atom is -0.497 e. The molecule has 1 N–H and O–H groups in total. The zero-order valence-electron chi connectivity index (χ0n) is 21.6. The number of sulfonamides is 1. The van der Waals surface area contributed by atoms with E-state index in [1.165, 1.54) is 7.11 Å². The summed E-state index contributed by atoms with van der Waals surface area (Å²) in [6, 6.07) is 18.2. The molecule has 1 unspecified atom stereocenters. The van der Waals surface area contributed by atoms with Crippen molar-refractivity contribution in [1.29, 1.82) is 0 Å². The van der Waals surface area contributed by atoms with E-state index >= 15 is 0 Å². The second kappa shape index (κ2) is 10.3. The van der Waals surface area contributed by atoms with Gasteiger partial charge in [-0.15, -0.1) is 0 Å². The van der Waals surface area contributed by atoms with Crippen molar-refractivity contribution in [3.8, 4) is 17.2 Å². The lowest BCUT2D eigenvalue weighted by Gasteiger charge is -2.38. The average molecular weight is 525 g/mol. The van der Waals surface area contributed by atoms with Gasteiger partial charge in [0.2, 0.25) is 5.91 Å². The SMILES string of the molecule is COc1ccc(N(CC(=O)NC2CC(C)(C)Oc3cc(OC)ccc32)S(=O)(=O)c2ccc(C)cc2)cc1. The summed E-state index contributed by atoms with van der Waals surface area (Å²) in [6.45, 7) is 5.37. The second-order valence-electron chi connectivity index (χ2n) is 9.61. The third kappa shape index (κ3) is 5.83. The van der Waals surface area contributed by atoms with E-state index in [1.807, 2.05) is 32.9 Å². The van der Waals surface area contributed by atoms with Crippen LogP contribution in [-0.2, 0) is 14.8 Å². The van der Waals surface area contributed by atoms with Gasteiger partial charge in [-0.1, -0.05) is 17.7 Å². The minimum atomic E-state index is -4.03. The highest BCUT2D eigenvalue weighted by atomic mass is 32.2. The van der Waals surface area contributed by atoms with E-state index in [0.29, 0.717) is 29.4 Å². The Morgan fingerprint density at radius 1 is 1.00 bits per heavy atom. The minimum absolute atomic E-state index is 0.103. The summed E-state index contributed by atoms with van der Waals surface area (Å²) in [7, 11) is -0.914. The molecule has 0 saturated carbocycles. The van der Waals surface area contributed by atoms with Gasteiger partial charge in [0.15, 0.2) is 0 Å². The number of nitrogens with zero attached hydrogens (tertiary/aromatic N) is 1. The number of anilines is 1. The highest BCUT2D eigenvalue weighted by Crippen LogP contribution is 2.41. The summed E-state index contributed by atoms with van der Waals surface area (Å²) in [6.07, 6.45) is 0.519. The maximum atomic E-state index is 13.7.